The molecule has 6 nitrogen and oxygen atoms in total. The van der Waals surface area contributed by atoms with E-state index in [-0.39, 0.29) is 16.2 Å². The highest BCUT2D eigenvalue weighted by molar-refractivity contribution is 7.91. The van der Waals surface area contributed by atoms with Crippen LogP contribution in [-0.4, -0.2) is 31.8 Å². The van der Waals surface area contributed by atoms with Crippen LogP contribution in [0.25, 0.3) is 10.2 Å². The molecule has 0 aliphatic carbocycles. The fourth-order valence-electron chi connectivity index (χ4n) is 2.79. The molecule has 0 N–H and O–H groups in total. The Hall–Kier alpha value is -2.45. The molecule has 0 fully saturated rings. The van der Waals surface area contributed by atoms with Crippen LogP contribution in [-0.2, 0) is 16.4 Å². The third-order valence-electron chi connectivity index (χ3n) is 4.24. The van der Waals surface area contributed by atoms with Gasteiger partial charge in [-0.15, -0.1) is 0 Å². The lowest BCUT2D eigenvalue weighted by Gasteiger charge is -2.06. The van der Waals surface area contributed by atoms with Crippen molar-refractivity contribution in [3.05, 3.63) is 52.8 Å². The van der Waals surface area contributed by atoms with Crippen LogP contribution >= 0.6 is 11.3 Å². The fraction of sp³-hybridized carbons (Fsp3) is 0.263. The first-order chi connectivity index (χ1) is 12.9. The molecule has 0 aliphatic rings. The summed E-state index contributed by atoms with van der Waals surface area (Å²) >= 11 is 1.37. The van der Waals surface area contributed by atoms with Crippen LogP contribution in [0.1, 0.15) is 24.2 Å². The van der Waals surface area contributed by atoms with E-state index in [1.807, 2.05) is 29.7 Å². The van der Waals surface area contributed by atoms with Crippen LogP contribution < -0.4 is 9.54 Å². The summed E-state index contributed by atoms with van der Waals surface area (Å²) in [5.41, 5.74) is 1.04. The van der Waals surface area contributed by atoms with Crippen molar-refractivity contribution in [3.63, 3.8) is 0 Å². The second-order valence-corrected chi connectivity index (χ2v) is 9.03. The van der Waals surface area contributed by atoms with Crippen molar-refractivity contribution in [1.29, 1.82) is 0 Å². The summed E-state index contributed by atoms with van der Waals surface area (Å²) in [5, 5.41) is 0. The molecular weight excluding hydrogens is 384 g/mol. The number of aromatic nitrogens is 1. The van der Waals surface area contributed by atoms with E-state index in [1.54, 1.807) is 26.2 Å². The summed E-state index contributed by atoms with van der Waals surface area (Å²) in [5.74, 6) is 0.0854. The Bertz CT molecular complexity index is 1170. The van der Waals surface area contributed by atoms with Gasteiger partial charge in [-0.3, -0.25) is 4.79 Å². The molecule has 0 bridgehead atoms. The summed E-state index contributed by atoms with van der Waals surface area (Å²) in [6.07, 6.45) is 0. The van der Waals surface area contributed by atoms with Crippen LogP contribution in [0.3, 0.4) is 0 Å². The number of hydrogen-bond acceptors (Lipinski definition) is 5. The van der Waals surface area contributed by atoms with Gasteiger partial charge in [0, 0.05) is 6.54 Å². The van der Waals surface area contributed by atoms with Crippen molar-refractivity contribution in [1.82, 2.24) is 4.57 Å². The zero-order valence-corrected chi connectivity index (χ0v) is 16.9. The van der Waals surface area contributed by atoms with E-state index in [2.05, 4.69) is 4.99 Å². The highest BCUT2D eigenvalue weighted by atomic mass is 32.2. The lowest BCUT2D eigenvalue weighted by molar-refractivity contribution is 0.0994. The fourth-order valence-corrected chi connectivity index (χ4v) is 5.00. The number of thiazole rings is 1. The van der Waals surface area contributed by atoms with Crippen LogP contribution in [0.4, 0.5) is 0 Å². The molecule has 0 aliphatic heterocycles. The molecule has 3 aromatic rings. The van der Waals surface area contributed by atoms with Crippen molar-refractivity contribution >= 4 is 37.3 Å². The van der Waals surface area contributed by atoms with Gasteiger partial charge < -0.3 is 9.30 Å². The van der Waals surface area contributed by atoms with E-state index in [9.17, 15) is 13.2 Å². The lowest BCUT2D eigenvalue weighted by atomic mass is 10.2. The summed E-state index contributed by atoms with van der Waals surface area (Å²) in [7, 11) is -1.92. The molecule has 0 radical (unpaired) electrons. The number of sulfone groups is 1. The molecule has 27 heavy (non-hydrogen) atoms. The molecule has 142 valence electrons. The van der Waals surface area contributed by atoms with Crippen LogP contribution in [0.5, 0.6) is 5.75 Å². The number of ether oxygens (including phenoxy) is 1. The molecule has 0 atom stereocenters. The first kappa shape index (κ1) is 19.3. The molecule has 0 saturated heterocycles. The number of nitrogens with zero attached hydrogens (tertiary/aromatic N) is 2. The Labute approximate surface area is 161 Å². The van der Waals surface area contributed by atoms with Crippen LogP contribution in [0.15, 0.2) is 52.4 Å². The van der Waals surface area contributed by atoms with Gasteiger partial charge in [0.05, 0.1) is 33.5 Å². The van der Waals surface area contributed by atoms with E-state index in [1.165, 1.54) is 23.5 Å². The molecular formula is C19H20N2O4S2. The van der Waals surface area contributed by atoms with E-state index in [4.69, 9.17) is 4.74 Å². The van der Waals surface area contributed by atoms with Gasteiger partial charge in [-0.05, 0) is 37.3 Å². The minimum atomic E-state index is -3.52. The number of fused-ring (bicyclic) bond motifs is 1. The largest absolute Gasteiger partial charge is 0.497 e. The van der Waals surface area contributed by atoms with Crippen molar-refractivity contribution in [3.8, 4) is 5.75 Å². The molecule has 1 amide bonds. The Morgan fingerprint density at radius 2 is 1.93 bits per heavy atom. The number of benzene rings is 2. The van der Waals surface area contributed by atoms with Crippen LogP contribution in [0, 0.1) is 0 Å². The second-order valence-electron chi connectivity index (χ2n) is 5.78. The third kappa shape index (κ3) is 3.68. The molecule has 1 aromatic heterocycles. The summed E-state index contributed by atoms with van der Waals surface area (Å²) in [6, 6.07) is 11.9. The highest BCUT2D eigenvalue weighted by Gasteiger charge is 2.20. The average molecular weight is 405 g/mol. The summed E-state index contributed by atoms with van der Waals surface area (Å²) < 4.78 is 32.7. The monoisotopic (exact) mass is 404 g/mol. The quantitative estimate of drug-likeness (QED) is 0.654. The van der Waals surface area contributed by atoms with Crippen molar-refractivity contribution in [2.45, 2.75) is 25.3 Å². The first-order valence-electron chi connectivity index (χ1n) is 8.49. The molecule has 0 saturated carbocycles. The predicted octanol–water partition coefficient (Wildman–Crippen LogP) is 3.27. The number of hydrogen-bond donors (Lipinski definition) is 0. The highest BCUT2D eigenvalue weighted by Crippen LogP contribution is 2.23. The van der Waals surface area contributed by atoms with Crippen LogP contribution in [0.2, 0.25) is 0 Å². The maximum Gasteiger partial charge on any atom is 0.280 e. The van der Waals surface area contributed by atoms with Crippen molar-refractivity contribution < 1.29 is 17.9 Å². The Morgan fingerprint density at radius 3 is 2.59 bits per heavy atom. The number of carbonyl (C=O) groups excluding carboxylic acids is 1. The minimum Gasteiger partial charge on any atom is -0.497 e. The second kappa shape index (κ2) is 7.66. The van der Waals surface area contributed by atoms with E-state index < -0.39 is 15.7 Å². The van der Waals surface area contributed by atoms with Gasteiger partial charge in [0.25, 0.3) is 5.91 Å². The maximum absolute atomic E-state index is 12.8. The van der Waals surface area contributed by atoms with Gasteiger partial charge in [-0.2, -0.15) is 4.99 Å². The van der Waals surface area contributed by atoms with Crippen molar-refractivity contribution in [2.24, 2.45) is 4.99 Å². The molecule has 0 spiro atoms. The Morgan fingerprint density at radius 1 is 1.19 bits per heavy atom. The summed E-state index contributed by atoms with van der Waals surface area (Å²) in [6.45, 7) is 4.15. The van der Waals surface area contributed by atoms with E-state index in [0.717, 1.165) is 16.0 Å². The van der Waals surface area contributed by atoms with Gasteiger partial charge in [0.1, 0.15) is 5.75 Å². The number of amides is 1. The average Bonchev–Trinajstić information content (AvgIpc) is 3.03. The molecule has 1 heterocycles. The van der Waals surface area contributed by atoms with Gasteiger partial charge in [0.2, 0.25) is 0 Å². The van der Waals surface area contributed by atoms with E-state index in [0.29, 0.717) is 11.3 Å². The normalized spacial score (nSPS) is 12.5. The standard InChI is InChI=1S/C19H20N2O4S2/c1-4-21-15-11-10-13(25-3)12-16(15)26-19(21)20-18(22)14-8-6-7-9-17(14)27(23,24)5-2/h6-12H,4-5H2,1-3H3. The summed E-state index contributed by atoms with van der Waals surface area (Å²) in [4.78, 5) is 17.6. The predicted molar refractivity (Wildman–Crippen MR) is 106 cm³/mol. The number of methoxy groups -OCH3 is 1. The zero-order chi connectivity index (χ0) is 19.6. The Balaban J connectivity index is 2.17. The first-order valence-corrected chi connectivity index (χ1v) is 11.0. The number of rotatable bonds is 5. The topological polar surface area (TPSA) is 77.7 Å². The van der Waals surface area contributed by atoms with Gasteiger partial charge in [-0.1, -0.05) is 30.4 Å². The lowest BCUT2D eigenvalue weighted by Crippen LogP contribution is -2.17. The molecule has 3 rings (SSSR count). The zero-order valence-electron chi connectivity index (χ0n) is 15.3. The molecule has 8 heteroatoms. The van der Waals surface area contributed by atoms with E-state index >= 15 is 0 Å². The number of aryl methyl sites for hydroxylation is 1. The molecule has 0 unspecified atom stereocenters. The van der Waals surface area contributed by atoms with Gasteiger partial charge in [-0.25, -0.2) is 8.42 Å². The minimum absolute atomic E-state index is 0.0204. The molecule has 2 aromatic carbocycles. The number of carbonyl (C=O) groups is 1. The third-order valence-corrected chi connectivity index (χ3v) is 7.06. The SMILES string of the molecule is CCn1c(=NC(=O)c2ccccc2S(=O)(=O)CC)sc2cc(OC)ccc21. The van der Waals surface area contributed by atoms with Crippen molar-refractivity contribution in [2.75, 3.05) is 12.9 Å². The maximum atomic E-state index is 12.8. The van der Waals surface area contributed by atoms with Gasteiger partial charge in [0.15, 0.2) is 14.6 Å². The Kier molecular flexibility index (Phi) is 5.48. The van der Waals surface area contributed by atoms with Gasteiger partial charge >= 0.3 is 0 Å². The smallest absolute Gasteiger partial charge is 0.280 e.